The SMILES string of the molecule is CCOC(=O)c1cc2cccn2c(C(C)O)c1C.CCOC(=O)c1cc2cccn2c(C(C)OCc2cccc(OC)c2)c1C.COc1cccc(CBr)c1.COc1cccc(COC(C)c2c(C)c(C(=O)NCc3c(C)cc(C)[nH]c3=O)cc3cccn23)c1.COc1cccc(COC(C)c2c(C)c(C(=O)O)cc3cccn23)c1.Cc1cc(C)c(CNCl)c(=O)[nH]1.[Na+].[OH-]. The Morgan fingerprint density at radius 1 is 0.434 bits per heavy atom. The number of H-pyrrole nitrogens is 2. The number of fused-ring (bicyclic) bond motifs is 4. The number of carbonyl (C=O) groups excluding carboxylic acids is 3. The molecule has 14 rings (SSSR count). The number of methoxy groups -OCH3 is 4. The number of aliphatic hydroxyl groups excluding tert-OH is 1. The zero-order valence-electron chi connectivity index (χ0n) is 76.6. The summed E-state index contributed by atoms with van der Waals surface area (Å²) in [6.45, 7) is 28.7. The maximum Gasteiger partial charge on any atom is 1.00 e. The number of rotatable bonds is 28. The van der Waals surface area contributed by atoms with Gasteiger partial charge in [-0.25, -0.2) is 19.2 Å². The second-order valence-corrected chi connectivity index (χ2v) is 31.0. The summed E-state index contributed by atoms with van der Waals surface area (Å²) >= 11 is 8.68. The van der Waals surface area contributed by atoms with Crippen LogP contribution in [0.1, 0.15) is 208 Å². The van der Waals surface area contributed by atoms with Gasteiger partial charge < -0.3 is 91.2 Å². The first-order chi connectivity index (χ1) is 60.9. The first-order valence-corrected chi connectivity index (χ1v) is 43.0. The molecule has 0 spiro atoms. The van der Waals surface area contributed by atoms with Gasteiger partial charge in [0.2, 0.25) is 0 Å². The minimum absolute atomic E-state index is 0. The maximum absolute atomic E-state index is 13.2. The normalized spacial score (nSPS) is 11.6. The number of aromatic carboxylic acids is 1. The average molecular weight is 1860 g/mol. The zero-order valence-corrected chi connectivity index (χ0v) is 80.9. The summed E-state index contributed by atoms with van der Waals surface area (Å²) in [6, 6.07) is 57.7. The summed E-state index contributed by atoms with van der Waals surface area (Å²) in [6.07, 6.45) is 6.37. The van der Waals surface area contributed by atoms with E-state index in [0.29, 0.717) is 78.5 Å². The molecular formula is C100H115BrClN8NaO18. The van der Waals surface area contributed by atoms with E-state index in [9.17, 15) is 39.0 Å². The van der Waals surface area contributed by atoms with Crippen LogP contribution in [0.3, 0.4) is 0 Å². The second-order valence-electron chi connectivity index (χ2n) is 30.2. The van der Waals surface area contributed by atoms with Crippen LogP contribution in [0.15, 0.2) is 216 Å². The Bertz CT molecular complexity index is 6230. The van der Waals surface area contributed by atoms with Gasteiger partial charge in [-0.2, -0.15) is 0 Å². The van der Waals surface area contributed by atoms with Gasteiger partial charge in [0.05, 0.1) is 125 Å². The van der Waals surface area contributed by atoms with Gasteiger partial charge in [0.15, 0.2) is 0 Å². The van der Waals surface area contributed by atoms with Crippen molar-refractivity contribution in [1.82, 2.24) is 37.7 Å². The van der Waals surface area contributed by atoms with Crippen molar-refractivity contribution in [3.05, 3.63) is 351 Å². The Balaban J connectivity index is 0.000000220. The van der Waals surface area contributed by atoms with Crippen molar-refractivity contribution >= 4 is 73.6 Å². The van der Waals surface area contributed by atoms with Crippen LogP contribution < -0.4 is 69.8 Å². The Hall–Kier alpha value is -11.6. The van der Waals surface area contributed by atoms with E-state index in [2.05, 4.69) is 50.9 Å². The topological polar surface area (TPSA) is 329 Å². The summed E-state index contributed by atoms with van der Waals surface area (Å²) in [5, 5.41) is 23.2. The summed E-state index contributed by atoms with van der Waals surface area (Å²) in [5.74, 6) is 1.47. The van der Waals surface area contributed by atoms with Crippen molar-refractivity contribution in [3.8, 4) is 23.0 Å². The first kappa shape index (κ1) is 104. The first-order valence-electron chi connectivity index (χ1n) is 41.5. The number of pyridine rings is 6. The van der Waals surface area contributed by atoms with Gasteiger partial charge in [0.1, 0.15) is 23.0 Å². The summed E-state index contributed by atoms with van der Waals surface area (Å²) < 4.78 is 57.5. The molecule has 4 aromatic carbocycles. The molecule has 0 aliphatic carbocycles. The minimum Gasteiger partial charge on any atom is -0.870 e. The number of carbonyl (C=O) groups is 4. The minimum atomic E-state index is -0.928. The molecule has 10 aromatic heterocycles. The number of nitrogens with zero attached hydrogens (tertiary/aromatic N) is 4. The Morgan fingerprint density at radius 3 is 1.07 bits per heavy atom. The van der Waals surface area contributed by atoms with E-state index in [0.717, 1.165) is 129 Å². The van der Waals surface area contributed by atoms with Crippen LogP contribution in [0.4, 0.5) is 0 Å². The largest absolute Gasteiger partial charge is 1.00 e. The second kappa shape index (κ2) is 50.4. The molecule has 0 aliphatic rings. The van der Waals surface area contributed by atoms with Crippen LogP contribution >= 0.6 is 27.7 Å². The van der Waals surface area contributed by atoms with Gasteiger partial charge in [0, 0.05) is 93.4 Å². The molecule has 129 heavy (non-hydrogen) atoms. The van der Waals surface area contributed by atoms with Gasteiger partial charge in [-0.15, -0.1) is 0 Å². The molecule has 7 N–H and O–H groups in total. The van der Waals surface area contributed by atoms with Gasteiger partial charge in [-0.3, -0.25) is 14.4 Å². The van der Waals surface area contributed by atoms with Crippen LogP contribution in [0.5, 0.6) is 23.0 Å². The average Bonchev–Trinajstić information content (AvgIpc) is 1.71. The molecule has 0 saturated carbocycles. The van der Waals surface area contributed by atoms with E-state index >= 15 is 0 Å². The number of aryl methyl sites for hydroxylation is 4. The molecule has 26 nitrogen and oxygen atoms in total. The third kappa shape index (κ3) is 27.5. The number of amides is 1. The number of carboxylic acids is 1. The number of aromatic nitrogens is 6. The van der Waals surface area contributed by atoms with E-state index < -0.39 is 12.1 Å². The van der Waals surface area contributed by atoms with Crippen molar-refractivity contribution < 1.29 is 107 Å². The van der Waals surface area contributed by atoms with Crippen LogP contribution in [0.25, 0.3) is 22.1 Å². The zero-order chi connectivity index (χ0) is 92.3. The van der Waals surface area contributed by atoms with Crippen molar-refractivity contribution in [3.63, 3.8) is 0 Å². The molecule has 4 unspecified atom stereocenters. The number of aliphatic hydroxyl groups is 1. The number of benzene rings is 4. The van der Waals surface area contributed by atoms with E-state index in [1.54, 1.807) is 54.4 Å². The van der Waals surface area contributed by atoms with Gasteiger partial charge >= 0.3 is 47.5 Å². The Kier molecular flexibility index (Phi) is 40.8. The van der Waals surface area contributed by atoms with E-state index in [-0.39, 0.29) is 88.9 Å². The molecule has 1 amide bonds. The third-order valence-corrected chi connectivity index (χ3v) is 22.1. The van der Waals surface area contributed by atoms with E-state index in [1.807, 2.05) is 280 Å². The molecule has 0 bridgehead atoms. The molecule has 0 saturated heterocycles. The number of esters is 2. The van der Waals surface area contributed by atoms with Crippen LogP contribution in [0, 0.1) is 55.4 Å². The Morgan fingerprint density at radius 2 is 0.744 bits per heavy atom. The van der Waals surface area contributed by atoms with Crippen molar-refractivity contribution in [2.24, 2.45) is 0 Å². The standard InChI is InChI=1S/C28H31N3O4.C22H25NO4.C20H21NO4.C14H17NO3.C8H9BrO.C8H11ClN2O.Na.H2O/c1-17-12-18(2)30-28(33)25(17)15-29-27(32)24-14-22-9-7-11-31(22)26(19(24)3)20(4)35-16-21-8-6-10-23(13-21)34-5;1-5-26-22(24)20-13-18-9-7-11-23(18)21(15(20)2)16(3)27-14-17-8-6-10-19(12-17)25-4;1-13-18(20(22)23)11-16-7-5-9-21(16)19(13)14(2)25-12-15-6-4-8-17(10-15)24-3;1-4-18-14(17)12-8-11-6-5-7-15(11)13(9(12)2)10(3)16;1-10-8-4-2-3-7(5-8)6-9;1-5-3-6(2)11-8(12)7(5)4-10-9;;/h6-14,20H,15-16H2,1-5H3,(H,29,32)(H,30,33);6-13,16H,5,14H2,1-4H3;4-11,14H,12H2,1-3H3,(H,22,23);5-8,10,16H,4H2,1-3H3;2-5H,6H2,1H3;3,10H,4H2,1-2H3,(H,11,12);;1H2/q;;;;;;+1;/p-1. The van der Waals surface area contributed by atoms with Crippen LogP contribution in [0.2, 0.25) is 0 Å². The number of hydrogen-bond acceptors (Lipinski definition) is 18. The number of aromatic amines is 2. The van der Waals surface area contributed by atoms with E-state index in [4.69, 9.17) is 54.4 Å². The smallest absolute Gasteiger partial charge is 0.870 e. The van der Waals surface area contributed by atoms with Crippen molar-refractivity contribution in [2.45, 2.75) is 160 Å². The fraction of sp³-hybridized carbons (Fsp3) is 0.300. The number of hydrogen-bond donors (Lipinski definition) is 6. The quantitative estimate of drug-likeness (QED) is 0.0115. The predicted molar refractivity (Wildman–Crippen MR) is 501 cm³/mol. The molecule has 10 heterocycles. The fourth-order valence-corrected chi connectivity index (χ4v) is 15.5. The molecule has 4 atom stereocenters. The molecule has 0 aliphatic heterocycles. The number of alkyl halides is 1. The molecule has 29 heteroatoms. The number of nitrogens with one attached hydrogen (secondary N) is 4. The van der Waals surface area contributed by atoms with Crippen molar-refractivity contribution in [1.29, 1.82) is 0 Å². The predicted octanol–water partition coefficient (Wildman–Crippen LogP) is 16.8. The number of ether oxygens (including phenoxy) is 9. The maximum atomic E-state index is 13.2. The fourth-order valence-electron chi connectivity index (χ4n) is 15.0. The third-order valence-electron chi connectivity index (χ3n) is 21.3. The summed E-state index contributed by atoms with van der Waals surface area (Å²) in [4.78, 5) is 80.6. The molecular weight excluding hydrogens is 1740 g/mol. The van der Waals surface area contributed by atoms with Crippen LogP contribution in [-0.4, -0.2) is 109 Å². The van der Waals surface area contributed by atoms with Gasteiger partial charge in [-0.05, 0) is 298 Å². The van der Waals surface area contributed by atoms with Crippen LogP contribution in [-0.2, 0) is 61.9 Å². The Labute approximate surface area is 787 Å². The van der Waals surface area contributed by atoms with Gasteiger partial charge in [0.25, 0.3) is 17.0 Å². The summed E-state index contributed by atoms with van der Waals surface area (Å²) in [5.41, 5.74) is 20.9. The molecule has 14 aromatic rings. The number of halogens is 2. The van der Waals surface area contributed by atoms with E-state index in [1.165, 1.54) is 5.56 Å². The monoisotopic (exact) mass is 1850 g/mol. The molecule has 678 valence electrons. The molecule has 0 fully saturated rings. The molecule has 0 radical (unpaired) electrons. The summed E-state index contributed by atoms with van der Waals surface area (Å²) in [7, 11) is 6.59. The number of carboxylic acid groups (broad SMARTS) is 1. The van der Waals surface area contributed by atoms with Gasteiger partial charge in [-0.1, -0.05) is 64.5 Å². The van der Waals surface area contributed by atoms with Crippen molar-refractivity contribution in [2.75, 3.05) is 41.7 Å².